The van der Waals surface area contributed by atoms with Crippen LogP contribution in [-0.2, 0) is 0 Å². The Hall–Kier alpha value is 0.860. The van der Waals surface area contributed by atoms with E-state index in [1.54, 1.807) is 24.6 Å². The molecule has 0 aromatic rings. The van der Waals surface area contributed by atoms with Gasteiger partial charge in [0.05, 0.1) is 0 Å². The molecule has 0 aliphatic heterocycles. The Morgan fingerprint density at radius 1 is 0.282 bits per heavy atom. The summed E-state index contributed by atoms with van der Waals surface area (Å²) in [5, 5.41) is 0. The molecule has 0 unspecified atom stereocenters. The standard InChI is InChI=1S/C37H78P2/c1-7-13-17-21-25-29-33-38(34-30-26-22-18-14-8-2)37(11-5,12-6)39(35-31-27-23-19-15-9-3)36-32-28-24-20-16-10-4/h7-36H2,1-6H3. The van der Waals surface area contributed by atoms with Crippen LogP contribution in [0.25, 0.3) is 0 Å². The maximum Gasteiger partial charge on any atom is 0.0101 e. The van der Waals surface area contributed by atoms with Crippen molar-refractivity contribution < 1.29 is 0 Å². The average molecular weight is 585 g/mol. The van der Waals surface area contributed by atoms with Crippen LogP contribution in [0.3, 0.4) is 0 Å². The van der Waals surface area contributed by atoms with Crippen molar-refractivity contribution in [2.24, 2.45) is 0 Å². The minimum Gasteiger partial charge on any atom is -0.0959 e. The first-order valence-corrected chi connectivity index (χ1v) is 22.1. The van der Waals surface area contributed by atoms with Gasteiger partial charge in [-0.1, -0.05) is 186 Å². The van der Waals surface area contributed by atoms with E-state index < -0.39 is 0 Å². The van der Waals surface area contributed by atoms with E-state index in [1.165, 1.54) is 167 Å². The zero-order chi connectivity index (χ0) is 28.9. The highest BCUT2D eigenvalue weighted by Gasteiger charge is 2.40. The molecule has 0 aromatic carbocycles. The van der Waals surface area contributed by atoms with Crippen LogP contribution in [-0.4, -0.2) is 29.5 Å². The van der Waals surface area contributed by atoms with Crippen molar-refractivity contribution in [2.45, 2.75) is 213 Å². The van der Waals surface area contributed by atoms with Gasteiger partial charge < -0.3 is 0 Å². The summed E-state index contributed by atoms with van der Waals surface area (Å²) in [6, 6.07) is 0. The number of unbranched alkanes of at least 4 members (excludes halogenated alkanes) is 20. The molecule has 0 aromatic heterocycles. The Kier molecular flexibility index (Phi) is 31.0. The highest BCUT2D eigenvalue weighted by atomic mass is 31.2. The lowest BCUT2D eigenvalue weighted by Crippen LogP contribution is -2.28. The van der Waals surface area contributed by atoms with E-state index in [-0.39, 0.29) is 15.8 Å². The van der Waals surface area contributed by atoms with Crippen LogP contribution < -0.4 is 0 Å². The van der Waals surface area contributed by atoms with E-state index in [0.717, 1.165) is 4.90 Å². The van der Waals surface area contributed by atoms with Gasteiger partial charge in [0.25, 0.3) is 0 Å². The lowest BCUT2D eigenvalue weighted by atomic mass is 10.1. The molecule has 0 spiro atoms. The molecule has 39 heavy (non-hydrogen) atoms. The van der Waals surface area contributed by atoms with Crippen LogP contribution in [0.1, 0.15) is 208 Å². The summed E-state index contributed by atoms with van der Waals surface area (Å²) in [5.74, 6) is 0. The maximum absolute atomic E-state index is 2.62. The van der Waals surface area contributed by atoms with Gasteiger partial charge in [-0.3, -0.25) is 0 Å². The molecule has 0 bridgehead atoms. The fourth-order valence-electron chi connectivity index (χ4n) is 6.73. The predicted octanol–water partition coefficient (Wildman–Crippen LogP) is 14.9. The van der Waals surface area contributed by atoms with E-state index in [9.17, 15) is 0 Å². The smallest absolute Gasteiger partial charge is 0.0101 e. The van der Waals surface area contributed by atoms with Crippen molar-refractivity contribution in [1.82, 2.24) is 0 Å². The SMILES string of the molecule is CCCCCCCCP(CCCCCCCC)C(CC)(CC)P(CCCCCCCC)CCCCCCCC. The van der Waals surface area contributed by atoms with E-state index >= 15 is 0 Å². The molecule has 236 valence electrons. The van der Waals surface area contributed by atoms with Crippen LogP contribution in [0.4, 0.5) is 0 Å². The normalized spacial score (nSPS) is 12.3. The molecule has 0 nitrogen and oxygen atoms in total. The van der Waals surface area contributed by atoms with E-state index in [0.29, 0.717) is 0 Å². The van der Waals surface area contributed by atoms with Gasteiger partial charge in [0.2, 0.25) is 0 Å². The second-order valence-corrected chi connectivity index (χ2v) is 18.7. The van der Waals surface area contributed by atoms with Gasteiger partial charge in [-0.25, -0.2) is 0 Å². The van der Waals surface area contributed by atoms with Crippen molar-refractivity contribution in [1.29, 1.82) is 0 Å². The van der Waals surface area contributed by atoms with Crippen molar-refractivity contribution in [3.63, 3.8) is 0 Å². The zero-order valence-electron chi connectivity index (χ0n) is 28.6. The first kappa shape index (κ1) is 39.9. The Morgan fingerprint density at radius 2 is 0.487 bits per heavy atom. The summed E-state index contributed by atoms with van der Waals surface area (Å²) in [6.45, 7) is 14.7. The molecular weight excluding hydrogens is 506 g/mol. The molecule has 0 aliphatic rings. The Labute approximate surface area is 253 Å². The van der Waals surface area contributed by atoms with Crippen LogP contribution in [0.15, 0.2) is 0 Å². The number of rotatable bonds is 32. The van der Waals surface area contributed by atoms with Gasteiger partial charge in [-0.15, -0.1) is 0 Å². The monoisotopic (exact) mass is 585 g/mol. The van der Waals surface area contributed by atoms with Crippen LogP contribution >= 0.6 is 15.8 Å². The molecule has 0 saturated heterocycles. The van der Waals surface area contributed by atoms with Crippen LogP contribution in [0.2, 0.25) is 0 Å². The van der Waals surface area contributed by atoms with Gasteiger partial charge in [0, 0.05) is 4.90 Å². The number of hydrogen-bond donors (Lipinski definition) is 0. The molecule has 2 heteroatoms. The summed E-state index contributed by atoms with van der Waals surface area (Å²) in [7, 11) is 0.343. The highest BCUT2D eigenvalue weighted by Crippen LogP contribution is 2.71. The summed E-state index contributed by atoms with van der Waals surface area (Å²) in [6.07, 6.45) is 44.7. The van der Waals surface area contributed by atoms with Gasteiger partial charge in [0.15, 0.2) is 0 Å². The van der Waals surface area contributed by atoms with Crippen LogP contribution in [0, 0.1) is 0 Å². The second kappa shape index (κ2) is 30.3. The number of hydrogen-bond acceptors (Lipinski definition) is 0. The van der Waals surface area contributed by atoms with Gasteiger partial charge in [-0.2, -0.15) is 0 Å². The molecular formula is C37H78P2. The largest absolute Gasteiger partial charge is 0.0959 e. The molecule has 0 N–H and O–H groups in total. The van der Waals surface area contributed by atoms with Gasteiger partial charge in [0.1, 0.15) is 0 Å². The molecule has 0 fully saturated rings. The minimum absolute atomic E-state index is 0.172. The lowest BCUT2D eigenvalue weighted by Gasteiger charge is -2.47. The quantitative estimate of drug-likeness (QED) is 0.0545. The molecule has 0 heterocycles. The summed E-state index contributed by atoms with van der Waals surface area (Å²) >= 11 is 0. The lowest BCUT2D eigenvalue weighted by molar-refractivity contribution is 0.611. The summed E-state index contributed by atoms with van der Waals surface area (Å²) in [5.41, 5.74) is 0. The van der Waals surface area contributed by atoms with Crippen molar-refractivity contribution in [3.05, 3.63) is 0 Å². The fourth-order valence-corrected chi connectivity index (χ4v) is 15.9. The van der Waals surface area contributed by atoms with E-state index in [4.69, 9.17) is 0 Å². The van der Waals surface area contributed by atoms with E-state index in [1.807, 2.05) is 0 Å². The molecule has 0 atom stereocenters. The zero-order valence-corrected chi connectivity index (χ0v) is 30.4. The molecule has 0 saturated carbocycles. The second-order valence-electron chi connectivity index (χ2n) is 12.7. The maximum atomic E-state index is 2.62. The summed E-state index contributed by atoms with van der Waals surface area (Å²) in [4.78, 5) is 0.727. The van der Waals surface area contributed by atoms with E-state index in [2.05, 4.69) is 41.5 Å². The van der Waals surface area contributed by atoms with Crippen LogP contribution in [0.5, 0.6) is 0 Å². The third kappa shape index (κ3) is 20.4. The minimum atomic E-state index is 0.172. The Bertz CT molecular complexity index is 388. The molecule has 0 rings (SSSR count). The van der Waals surface area contributed by atoms with Crippen molar-refractivity contribution in [2.75, 3.05) is 24.6 Å². The topological polar surface area (TPSA) is 0 Å². The molecule has 0 aliphatic carbocycles. The fraction of sp³-hybridized carbons (Fsp3) is 1.00. The Balaban J connectivity index is 5.42. The third-order valence-corrected chi connectivity index (χ3v) is 18.2. The highest BCUT2D eigenvalue weighted by molar-refractivity contribution is 7.77. The van der Waals surface area contributed by atoms with Crippen molar-refractivity contribution in [3.8, 4) is 0 Å². The van der Waals surface area contributed by atoms with Gasteiger partial charge in [-0.05, 0) is 63.2 Å². The molecule has 0 amide bonds. The average Bonchev–Trinajstić information content (AvgIpc) is 2.95. The first-order chi connectivity index (χ1) is 19.2. The van der Waals surface area contributed by atoms with Gasteiger partial charge >= 0.3 is 0 Å². The first-order valence-electron chi connectivity index (χ1n) is 18.7. The third-order valence-electron chi connectivity index (χ3n) is 9.44. The summed E-state index contributed by atoms with van der Waals surface area (Å²) < 4.78 is 0. The predicted molar refractivity (Wildman–Crippen MR) is 190 cm³/mol. The molecule has 0 radical (unpaired) electrons. The Morgan fingerprint density at radius 3 is 0.692 bits per heavy atom. The van der Waals surface area contributed by atoms with Crippen molar-refractivity contribution >= 4 is 15.8 Å².